The van der Waals surface area contributed by atoms with Gasteiger partial charge in [0.05, 0.1) is 16.8 Å². The molecule has 1 amide bonds. The summed E-state index contributed by atoms with van der Waals surface area (Å²) < 4.78 is 0. The molecule has 0 saturated carbocycles. The van der Waals surface area contributed by atoms with E-state index < -0.39 is 0 Å². The summed E-state index contributed by atoms with van der Waals surface area (Å²) in [4.78, 5) is 23.9. The van der Waals surface area contributed by atoms with Crippen molar-refractivity contribution in [3.05, 3.63) is 60.4 Å². The number of rotatable bonds is 8. The molecule has 140 valence electrons. The second kappa shape index (κ2) is 9.24. The number of fused-ring (bicyclic) bond motifs is 1. The summed E-state index contributed by atoms with van der Waals surface area (Å²) in [7, 11) is 2.09. The van der Waals surface area contributed by atoms with E-state index in [9.17, 15) is 4.79 Å². The van der Waals surface area contributed by atoms with Crippen LogP contribution in [0.25, 0.3) is 22.2 Å². The Kier molecular flexibility index (Phi) is 6.49. The maximum atomic E-state index is 12.9. The van der Waals surface area contributed by atoms with Crippen LogP contribution in [-0.4, -0.2) is 47.5 Å². The molecule has 5 nitrogen and oxygen atoms in total. The Morgan fingerprint density at radius 2 is 1.89 bits per heavy atom. The smallest absolute Gasteiger partial charge is 0.252 e. The first-order valence-electron chi connectivity index (χ1n) is 9.46. The van der Waals surface area contributed by atoms with Gasteiger partial charge in [-0.2, -0.15) is 0 Å². The summed E-state index contributed by atoms with van der Waals surface area (Å²) in [6, 6.07) is 13.4. The quantitative estimate of drug-likeness (QED) is 0.663. The lowest BCUT2D eigenvalue weighted by Crippen LogP contribution is -2.33. The fraction of sp³-hybridized carbons (Fsp3) is 0.318. The van der Waals surface area contributed by atoms with Crippen LogP contribution in [-0.2, 0) is 0 Å². The van der Waals surface area contributed by atoms with Crippen LogP contribution in [0.5, 0.6) is 0 Å². The van der Waals surface area contributed by atoms with Crippen LogP contribution >= 0.6 is 0 Å². The number of unbranched alkanes of at least 4 members (excludes halogenated alkanes) is 1. The Bertz CT molecular complexity index is 895. The lowest BCUT2D eigenvalue weighted by molar-refractivity contribution is 0.0951. The lowest BCUT2D eigenvalue weighted by atomic mass is 10.0. The van der Waals surface area contributed by atoms with E-state index in [4.69, 9.17) is 4.98 Å². The minimum Gasteiger partial charge on any atom is -0.351 e. The van der Waals surface area contributed by atoms with Crippen molar-refractivity contribution >= 4 is 16.8 Å². The van der Waals surface area contributed by atoms with Gasteiger partial charge in [-0.25, -0.2) is 4.98 Å². The summed E-state index contributed by atoms with van der Waals surface area (Å²) >= 11 is 0. The van der Waals surface area contributed by atoms with Crippen molar-refractivity contribution in [2.45, 2.75) is 19.8 Å². The van der Waals surface area contributed by atoms with Crippen molar-refractivity contribution in [2.75, 3.05) is 26.7 Å². The highest BCUT2D eigenvalue weighted by atomic mass is 16.1. The number of carbonyl (C=O) groups excluding carboxylic acids is 1. The van der Waals surface area contributed by atoms with E-state index in [1.165, 1.54) is 12.8 Å². The summed E-state index contributed by atoms with van der Waals surface area (Å²) in [6.07, 6.45) is 5.82. The summed E-state index contributed by atoms with van der Waals surface area (Å²) in [5, 5.41) is 3.92. The van der Waals surface area contributed by atoms with Crippen molar-refractivity contribution in [2.24, 2.45) is 0 Å². The third kappa shape index (κ3) is 4.89. The van der Waals surface area contributed by atoms with Crippen molar-refractivity contribution < 1.29 is 4.79 Å². The molecule has 0 atom stereocenters. The zero-order valence-corrected chi connectivity index (χ0v) is 16.0. The zero-order valence-electron chi connectivity index (χ0n) is 16.0. The first-order chi connectivity index (χ1) is 13.2. The van der Waals surface area contributed by atoms with Gasteiger partial charge in [-0.3, -0.25) is 9.78 Å². The molecule has 5 heteroatoms. The lowest BCUT2D eigenvalue weighted by Gasteiger charge is -2.16. The predicted octanol–water partition coefficient (Wildman–Crippen LogP) is 3.76. The number of benzene rings is 1. The molecule has 1 aromatic carbocycles. The van der Waals surface area contributed by atoms with E-state index in [-0.39, 0.29) is 5.91 Å². The molecule has 0 saturated heterocycles. The topological polar surface area (TPSA) is 58.1 Å². The standard InChI is InChI=1S/C22H26N4O/c1-3-4-14-26(2)15-13-24-22(27)19-16-21(17-9-11-23-12-10-17)25-20-8-6-5-7-18(19)20/h5-12,16H,3-4,13-15H2,1-2H3,(H,24,27). The van der Waals surface area contributed by atoms with Gasteiger partial charge in [-0.05, 0) is 44.3 Å². The minimum absolute atomic E-state index is 0.0622. The van der Waals surface area contributed by atoms with Crippen LogP contribution in [0.15, 0.2) is 54.9 Å². The molecule has 3 aromatic rings. The Morgan fingerprint density at radius 3 is 2.67 bits per heavy atom. The van der Waals surface area contributed by atoms with Crippen molar-refractivity contribution in [3.63, 3.8) is 0 Å². The molecule has 27 heavy (non-hydrogen) atoms. The van der Waals surface area contributed by atoms with Gasteiger partial charge in [0, 0.05) is 36.4 Å². The molecule has 0 aliphatic carbocycles. The molecule has 0 fully saturated rings. The second-order valence-corrected chi connectivity index (χ2v) is 6.72. The molecule has 0 spiro atoms. The molecule has 0 radical (unpaired) electrons. The van der Waals surface area contributed by atoms with E-state index in [0.717, 1.165) is 35.2 Å². The average molecular weight is 362 g/mol. The molecular formula is C22H26N4O. The van der Waals surface area contributed by atoms with Crippen LogP contribution in [0.4, 0.5) is 0 Å². The maximum absolute atomic E-state index is 12.9. The van der Waals surface area contributed by atoms with E-state index in [1.807, 2.05) is 42.5 Å². The fourth-order valence-corrected chi connectivity index (χ4v) is 3.03. The summed E-state index contributed by atoms with van der Waals surface area (Å²) in [5.74, 6) is -0.0622. The number of hydrogen-bond donors (Lipinski definition) is 1. The number of carbonyl (C=O) groups is 1. The van der Waals surface area contributed by atoms with E-state index in [0.29, 0.717) is 12.1 Å². The highest BCUT2D eigenvalue weighted by Crippen LogP contribution is 2.24. The Labute approximate surface area is 160 Å². The van der Waals surface area contributed by atoms with E-state index in [2.05, 4.69) is 29.2 Å². The molecule has 0 aliphatic rings. The van der Waals surface area contributed by atoms with Gasteiger partial charge in [0.15, 0.2) is 0 Å². The zero-order chi connectivity index (χ0) is 19.1. The number of hydrogen-bond acceptors (Lipinski definition) is 4. The van der Waals surface area contributed by atoms with Gasteiger partial charge < -0.3 is 10.2 Å². The van der Waals surface area contributed by atoms with Gasteiger partial charge >= 0.3 is 0 Å². The van der Waals surface area contributed by atoms with Gasteiger partial charge in [-0.1, -0.05) is 31.5 Å². The van der Waals surface area contributed by atoms with E-state index in [1.54, 1.807) is 12.4 Å². The number of nitrogens with one attached hydrogen (secondary N) is 1. The fourth-order valence-electron chi connectivity index (χ4n) is 3.03. The van der Waals surface area contributed by atoms with Gasteiger partial charge in [0.1, 0.15) is 0 Å². The highest BCUT2D eigenvalue weighted by Gasteiger charge is 2.13. The predicted molar refractivity (Wildman–Crippen MR) is 110 cm³/mol. The molecule has 0 bridgehead atoms. The van der Waals surface area contributed by atoms with Crippen molar-refractivity contribution in [1.29, 1.82) is 0 Å². The first kappa shape index (κ1) is 19.0. The van der Waals surface area contributed by atoms with Crippen molar-refractivity contribution in [3.8, 4) is 11.3 Å². The number of nitrogens with zero attached hydrogens (tertiary/aromatic N) is 3. The second-order valence-electron chi connectivity index (χ2n) is 6.72. The monoisotopic (exact) mass is 362 g/mol. The number of pyridine rings is 2. The molecule has 0 unspecified atom stereocenters. The molecular weight excluding hydrogens is 336 g/mol. The van der Waals surface area contributed by atoms with Crippen LogP contribution in [0.3, 0.4) is 0 Å². The summed E-state index contributed by atoms with van der Waals surface area (Å²) in [6.45, 7) is 4.70. The van der Waals surface area contributed by atoms with Gasteiger partial charge in [0.25, 0.3) is 5.91 Å². The molecule has 3 rings (SSSR count). The van der Waals surface area contributed by atoms with Gasteiger partial charge in [0.2, 0.25) is 0 Å². The molecule has 2 heterocycles. The van der Waals surface area contributed by atoms with Gasteiger partial charge in [-0.15, -0.1) is 0 Å². The molecule has 1 N–H and O–H groups in total. The number of aromatic nitrogens is 2. The number of amides is 1. The largest absolute Gasteiger partial charge is 0.351 e. The summed E-state index contributed by atoms with van der Waals surface area (Å²) in [5.41, 5.74) is 3.20. The van der Waals surface area contributed by atoms with Crippen LogP contribution in [0.2, 0.25) is 0 Å². The van der Waals surface area contributed by atoms with Crippen molar-refractivity contribution in [1.82, 2.24) is 20.2 Å². The molecule has 0 aliphatic heterocycles. The average Bonchev–Trinajstić information content (AvgIpc) is 2.72. The van der Waals surface area contributed by atoms with Crippen LogP contribution < -0.4 is 5.32 Å². The Balaban J connectivity index is 1.81. The maximum Gasteiger partial charge on any atom is 0.252 e. The number of likely N-dealkylation sites (N-methyl/N-ethyl adjacent to an activating group) is 1. The SMILES string of the molecule is CCCCN(C)CCNC(=O)c1cc(-c2ccncc2)nc2ccccc12. The van der Waals surface area contributed by atoms with Crippen LogP contribution in [0.1, 0.15) is 30.1 Å². The minimum atomic E-state index is -0.0622. The third-order valence-corrected chi connectivity index (χ3v) is 4.61. The number of para-hydroxylation sites is 1. The third-order valence-electron chi connectivity index (χ3n) is 4.61. The Morgan fingerprint density at radius 1 is 1.11 bits per heavy atom. The normalized spacial score (nSPS) is 11.1. The molecule has 2 aromatic heterocycles. The highest BCUT2D eigenvalue weighted by molar-refractivity contribution is 6.07. The Hall–Kier alpha value is -2.79. The van der Waals surface area contributed by atoms with Crippen LogP contribution in [0, 0.1) is 0 Å². The first-order valence-corrected chi connectivity index (χ1v) is 9.46. The van der Waals surface area contributed by atoms with E-state index >= 15 is 0 Å².